The largest absolute Gasteiger partial charge is 0.393 e. The summed E-state index contributed by atoms with van der Waals surface area (Å²) in [5, 5.41) is 9.39. The molecule has 0 aliphatic carbocycles. The zero-order valence-electron chi connectivity index (χ0n) is 10.3. The molecule has 1 heterocycles. The van der Waals surface area contributed by atoms with Crippen LogP contribution in [0.15, 0.2) is 35.2 Å². The molecule has 0 bridgehead atoms. The molecule has 4 nitrogen and oxygen atoms in total. The Morgan fingerprint density at radius 1 is 1.17 bits per heavy atom. The molecule has 0 atom stereocenters. The van der Waals surface area contributed by atoms with Gasteiger partial charge in [-0.3, -0.25) is 0 Å². The van der Waals surface area contributed by atoms with Crippen LogP contribution in [0, 0.1) is 0 Å². The highest BCUT2D eigenvalue weighted by molar-refractivity contribution is 7.91. The van der Waals surface area contributed by atoms with E-state index in [1.54, 1.807) is 24.3 Å². The van der Waals surface area contributed by atoms with Crippen molar-refractivity contribution in [1.29, 1.82) is 0 Å². The van der Waals surface area contributed by atoms with Gasteiger partial charge in [-0.05, 0) is 25.0 Å². The summed E-state index contributed by atoms with van der Waals surface area (Å²) >= 11 is 0. The molecule has 1 N–H and O–H groups in total. The fourth-order valence-corrected chi connectivity index (χ4v) is 3.44. The number of likely N-dealkylation sites (tertiary alicyclic amines) is 1. The molecule has 1 aromatic rings. The molecule has 0 spiro atoms. The number of hydrogen-bond donors (Lipinski definition) is 1. The SMILES string of the molecule is O=S(=O)(CCN1CCC(O)CC1)c1ccccc1. The van der Waals surface area contributed by atoms with E-state index in [1.165, 1.54) is 0 Å². The third-order valence-corrected chi connectivity index (χ3v) is 5.05. The van der Waals surface area contributed by atoms with Crippen molar-refractivity contribution in [3.8, 4) is 0 Å². The Morgan fingerprint density at radius 2 is 1.78 bits per heavy atom. The standard InChI is InChI=1S/C13H19NO3S/c15-12-6-8-14(9-7-12)10-11-18(16,17)13-4-2-1-3-5-13/h1-5,12,15H,6-11H2. The van der Waals surface area contributed by atoms with E-state index in [0.29, 0.717) is 11.4 Å². The third-order valence-electron chi connectivity index (χ3n) is 3.34. The number of sulfone groups is 1. The predicted octanol–water partition coefficient (Wildman–Crippen LogP) is 0.917. The molecule has 1 saturated heterocycles. The monoisotopic (exact) mass is 269 g/mol. The molecule has 0 aromatic heterocycles. The van der Waals surface area contributed by atoms with Crippen LogP contribution in [-0.2, 0) is 9.84 Å². The molecule has 0 amide bonds. The van der Waals surface area contributed by atoms with Gasteiger partial charge in [-0.25, -0.2) is 8.42 Å². The summed E-state index contributed by atoms with van der Waals surface area (Å²) in [5.74, 6) is 0.146. The molecular formula is C13H19NO3S. The second-order valence-corrected chi connectivity index (χ2v) is 6.81. The fourth-order valence-electron chi connectivity index (χ4n) is 2.14. The highest BCUT2D eigenvalue weighted by atomic mass is 32.2. The van der Waals surface area contributed by atoms with Crippen molar-refractivity contribution in [3.63, 3.8) is 0 Å². The third kappa shape index (κ3) is 3.54. The van der Waals surface area contributed by atoms with E-state index in [1.807, 2.05) is 6.07 Å². The van der Waals surface area contributed by atoms with E-state index in [4.69, 9.17) is 0 Å². The summed E-state index contributed by atoms with van der Waals surface area (Å²) in [5.41, 5.74) is 0. The van der Waals surface area contributed by atoms with Crippen molar-refractivity contribution in [2.45, 2.75) is 23.8 Å². The number of nitrogens with zero attached hydrogens (tertiary/aromatic N) is 1. The number of aliphatic hydroxyl groups excluding tert-OH is 1. The van der Waals surface area contributed by atoms with Crippen LogP contribution < -0.4 is 0 Å². The summed E-state index contributed by atoms with van der Waals surface area (Å²) in [6.45, 7) is 2.11. The number of piperidine rings is 1. The van der Waals surface area contributed by atoms with Crippen LogP contribution in [0.1, 0.15) is 12.8 Å². The maximum Gasteiger partial charge on any atom is 0.179 e. The van der Waals surface area contributed by atoms with Gasteiger partial charge in [0, 0.05) is 19.6 Å². The molecule has 100 valence electrons. The van der Waals surface area contributed by atoms with E-state index in [9.17, 15) is 13.5 Å². The van der Waals surface area contributed by atoms with E-state index >= 15 is 0 Å². The minimum absolute atomic E-state index is 0.146. The Bertz CT molecular complexity index is 464. The molecule has 1 aromatic carbocycles. The first-order chi connectivity index (χ1) is 8.58. The Kier molecular flexibility index (Phi) is 4.37. The molecule has 2 rings (SSSR count). The predicted molar refractivity (Wildman–Crippen MR) is 70.2 cm³/mol. The molecule has 1 aliphatic rings. The van der Waals surface area contributed by atoms with Gasteiger partial charge in [0.15, 0.2) is 9.84 Å². The van der Waals surface area contributed by atoms with E-state index in [-0.39, 0.29) is 11.9 Å². The van der Waals surface area contributed by atoms with E-state index in [2.05, 4.69) is 4.90 Å². The van der Waals surface area contributed by atoms with Gasteiger partial charge < -0.3 is 10.0 Å². The quantitative estimate of drug-likeness (QED) is 0.883. The molecule has 0 saturated carbocycles. The van der Waals surface area contributed by atoms with Gasteiger partial charge in [-0.15, -0.1) is 0 Å². The second-order valence-electron chi connectivity index (χ2n) is 4.70. The Balaban J connectivity index is 1.90. The van der Waals surface area contributed by atoms with Crippen molar-refractivity contribution >= 4 is 9.84 Å². The van der Waals surface area contributed by atoms with Gasteiger partial charge in [0.2, 0.25) is 0 Å². The fraction of sp³-hybridized carbons (Fsp3) is 0.538. The Labute approximate surface area is 108 Å². The number of benzene rings is 1. The van der Waals surface area contributed by atoms with Crippen molar-refractivity contribution in [2.75, 3.05) is 25.4 Å². The van der Waals surface area contributed by atoms with Gasteiger partial charge in [0.25, 0.3) is 0 Å². The van der Waals surface area contributed by atoms with Crippen LogP contribution in [0.25, 0.3) is 0 Å². The lowest BCUT2D eigenvalue weighted by Crippen LogP contribution is -2.38. The lowest BCUT2D eigenvalue weighted by Gasteiger charge is -2.29. The summed E-state index contributed by atoms with van der Waals surface area (Å²) in [6.07, 6.45) is 1.27. The molecule has 1 fully saturated rings. The van der Waals surface area contributed by atoms with Crippen LogP contribution in [-0.4, -0.2) is 49.9 Å². The summed E-state index contributed by atoms with van der Waals surface area (Å²) in [7, 11) is -3.18. The summed E-state index contributed by atoms with van der Waals surface area (Å²) in [4.78, 5) is 2.50. The average molecular weight is 269 g/mol. The first-order valence-electron chi connectivity index (χ1n) is 6.26. The van der Waals surface area contributed by atoms with Gasteiger partial charge in [-0.1, -0.05) is 18.2 Å². The first-order valence-corrected chi connectivity index (χ1v) is 7.91. The van der Waals surface area contributed by atoms with E-state index in [0.717, 1.165) is 25.9 Å². The number of rotatable bonds is 4. The molecule has 1 aliphatic heterocycles. The van der Waals surface area contributed by atoms with Crippen LogP contribution >= 0.6 is 0 Å². The van der Waals surface area contributed by atoms with Crippen molar-refractivity contribution in [1.82, 2.24) is 4.90 Å². The van der Waals surface area contributed by atoms with Crippen molar-refractivity contribution < 1.29 is 13.5 Å². The van der Waals surface area contributed by atoms with E-state index < -0.39 is 9.84 Å². The smallest absolute Gasteiger partial charge is 0.179 e. The lowest BCUT2D eigenvalue weighted by atomic mass is 10.1. The molecule has 5 heteroatoms. The van der Waals surface area contributed by atoms with Crippen LogP contribution in [0.2, 0.25) is 0 Å². The number of aliphatic hydroxyl groups is 1. The highest BCUT2D eigenvalue weighted by Gasteiger charge is 2.20. The van der Waals surface area contributed by atoms with Crippen molar-refractivity contribution in [3.05, 3.63) is 30.3 Å². The molecular weight excluding hydrogens is 250 g/mol. The zero-order valence-corrected chi connectivity index (χ0v) is 11.1. The molecule has 0 unspecified atom stereocenters. The number of hydrogen-bond acceptors (Lipinski definition) is 4. The van der Waals surface area contributed by atoms with Crippen LogP contribution in [0.3, 0.4) is 0 Å². The average Bonchev–Trinajstić information content (AvgIpc) is 2.39. The summed E-state index contributed by atoms with van der Waals surface area (Å²) in [6, 6.07) is 8.56. The molecule has 0 radical (unpaired) electrons. The summed E-state index contributed by atoms with van der Waals surface area (Å²) < 4.78 is 24.1. The Hall–Kier alpha value is -0.910. The molecule has 18 heavy (non-hydrogen) atoms. The maximum absolute atomic E-state index is 12.1. The van der Waals surface area contributed by atoms with Gasteiger partial charge in [0.1, 0.15) is 0 Å². The van der Waals surface area contributed by atoms with Crippen molar-refractivity contribution in [2.24, 2.45) is 0 Å². The highest BCUT2D eigenvalue weighted by Crippen LogP contribution is 2.13. The van der Waals surface area contributed by atoms with Gasteiger partial charge in [0.05, 0.1) is 16.8 Å². The normalized spacial score (nSPS) is 18.9. The maximum atomic E-state index is 12.1. The van der Waals surface area contributed by atoms with Crippen LogP contribution in [0.4, 0.5) is 0 Å². The zero-order chi connectivity index (χ0) is 13.0. The van der Waals surface area contributed by atoms with Gasteiger partial charge in [-0.2, -0.15) is 0 Å². The minimum Gasteiger partial charge on any atom is -0.393 e. The topological polar surface area (TPSA) is 57.6 Å². The first kappa shape index (κ1) is 13.5. The Morgan fingerprint density at radius 3 is 2.39 bits per heavy atom. The van der Waals surface area contributed by atoms with Gasteiger partial charge >= 0.3 is 0 Å². The van der Waals surface area contributed by atoms with Crippen LogP contribution in [0.5, 0.6) is 0 Å². The lowest BCUT2D eigenvalue weighted by molar-refractivity contribution is 0.0855. The second kappa shape index (κ2) is 5.82. The minimum atomic E-state index is -3.18.